The summed E-state index contributed by atoms with van der Waals surface area (Å²) < 4.78 is 8.19. The molecule has 3 aromatic rings. The second kappa shape index (κ2) is 7.14. The molecule has 1 aliphatic rings. The van der Waals surface area contributed by atoms with E-state index in [1.165, 1.54) is 32.1 Å². The van der Waals surface area contributed by atoms with Crippen molar-refractivity contribution in [3.8, 4) is 11.4 Å². The van der Waals surface area contributed by atoms with Gasteiger partial charge in [-0.2, -0.15) is 0 Å². The number of aromatic nitrogens is 3. The number of halogens is 1. The van der Waals surface area contributed by atoms with Gasteiger partial charge in [-0.05, 0) is 18.9 Å². The third kappa shape index (κ3) is 3.42. The molecule has 1 aromatic carbocycles. The van der Waals surface area contributed by atoms with Crippen LogP contribution < -0.4 is 0 Å². The fourth-order valence-electron chi connectivity index (χ4n) is 3.50. The molecule has 0 radical (unpaired) electrons. The Morgan fingerprint density at radius 3 is 2.64 bits per heavy atom. The Morgan fingerprint density at radius 1 is 1.12 bits per heavy atom. The Balaban J connectivity index is 1.63. The molecule has 0 saturated heterocycles. The van der Waals surface area contributed by atoms with E-state index in [-0.39, 0.29) is 0 Å². The van der Waals surface area contributed by atoms with Crippen LogP contribution in [-0.2, 0) is 18.4 Å². The van der Waals surface area contributed by atoms with E-state index in [9.17, 15) is 0 Å². The Hall–Kier alpha value is -1.91. The minimum Gasteiger partial charge on any atom is -0.372 e. The predicted molar refractivity (Wildman–Crippen MR) is 101 cm³/mol. The van der Waals surface area contributed by atoms with Crippen LogP contribution in [0.5, 0.6) is 0 Å². The maximum Gasteiger partial charge on any atom is 0.163 e. The van der Waals surface area contributed by atoms with Crippen LogP contribution in [-0.4, -0.2) is 20.6 Å². The van der Waals surface area contributed by atoms with Crippen molar-refractivity contribution in [1.29, 1.82) is 0 Å². The van der Waals surface area contributed by atoms with Crippen molar-refractivity contribution in [2.45, 2.75) is 44.8 Å². The lowest BCUT2D eigenvalue weighted by Gasteiger charge is -2.22. The zero-order valence-electron chi connectivity index (χ0n) is 14.4. The highest BCUT2D eigenvalue weighted by molar-refractivity contribution is 6.34. The number of ether oxygens (including phenoxy) is 1. The first-order chi connectivity index (χ1) is 12.2. The van der Waals surface area contributed by atoms with Crippen molar-refractivity contribution < 1.29 is 4.74 Å². The molecule has 2 heterocycles. The standard InChI is InChI=1S/C20H22ClN3O/c1-24-15(13-25-16-10-6-3-7-11-16)12-17-18(21)22-19(23-20(17)24)14-8-4-2-5-9-14/h2,4-5,8-9,12,16H,3,6-7,10-11,13H2,1H3. The van der Waals surface area contributed by atoms with Gasteiger partial charge in [0.15, 0.2) is 5.82 Å². The first-order valence-corrected chi connectivity index (χ1v) is 9.29. The summed E-state index contributed by atoms with van der Waals surface area (Å²) in [5, 5.41) is 1.37. The third-order valence-corrected chi connectivity index (χ3v) is 5.28. The Kier molecular flexibility index (Phi) is 4.73. The summed E-state index contributed by atoms with van der Waals surface area (Å²) in [5.74, 6) is 0.652. The second-order valence-electron chi connectivity index (χ2n) is 6.71. The van der Waals surface area contributed by atoms with Gasteiger partial charge in [-0.1, -0.05) is 61.2 Å². The van der Waals surface area contributed by atoms with Gasteiger partial charge < -0.3 is 9.30 Å². The summed E-state index contributed by atoms with van der Waals surface area (Å²) in [5.41, 5.74) is 2.90. The van der Waals surface area contributed by atoms with Crippen molar-refractivity contribution in [2.75, 3.05) is 0 Å². The topological polar surface area (TPSA) is 39.9 Å². The average Bonchev–Trinajstić information content (AvgIpc) is 2.98. The highest BCUT2D eigenvalue weighted by Gasteiger charge is 2.17. The number of hydrogen-bond acceptors (Lipinski definition) is 3. The van der Waals surface area contributed by atoms with E-state index in [1.54, 1.807) is 0 Å². The van der Waals surface area contributed by atoms with Crippen LogP contribution >= 0.6 is 11.6 Å². The van der Waals surface area contributed by atoms with Crippen molar-refractivity contribution in [1.82, 2.24) is 14.5 Å². The summed E-state index contributed by atoms with van der Waals surface area (Å²) in [6.45, 7) is 0.592. The van der Waals surface area contributed by atoms with Crippen molar-refractivity contribution >= 4 is 22.6 Å². The number of fused-ring (bicyclic) bond motifs is 1. The normalized spacial score (nSPS) is 15.8. The molecule has 2 aromatic heterocycles. The number of hydrogen-bond donors (Lipinski definition) is 0. The quantitative estimate of drug-likeness (QED) is 0.608. The smallest absolute Gasteiger partial charge is 0.163 e. The van der Waals surface area contributed by atoms with Gasteiger partial charge in [0, 0.05) is 18.3 Å². The number of rotatable bonds is 4. The molecule has 1 saturated carbocycles. The maximum atomic E-state index is 6.44. The molecule has 130 valence electrons. The highest BCUT2D eigenvalue weighted by Crippen LogP contribution is 2.28. The van der Waals surface area contributed by atoms with Crippen LogP contribution in [0.4, 0.5) is 0 Å². The molecule has 0 bridgehead atoms. The molecule has 1 aliphatic carbocycles. The minimum atomic E-state index is 0.383. The van der Waals surface area contributed by atoms with E-state index in [0.717, 1.165) is 22.3 Å². The number of nitrogens with zero attached hydrogens (tertiary/aromatic N) is 3. The molecule has 0 atom stereocenters. The van der Waals surface area contributed by atoms with Gasteiger partial charge in [0.05, 0.1) is 18.1 Å². The fourth-order valence-corrected chi connectivity index (χ4v) is 3.72. The second-order valence-corrected chi connectivity index (χ2v) is 7.07. The summed E-state index contributed by atoms with van der Waals surface area (Å²) >= 11 is 6.44. The van der Waals surface area contributed by atoms with Crippen molar-refractivity contribution in [3.63, 3.8) is 0 Å². The Labute approximate surface area is 152 Å². The molecule has 0 spiro atoms. The van der Waals surface area contributed by atoms with Gasteiger partial charge >= 0.3 is 0 Å². The molecule has 5 heteroatoms. The SMILES string of the molecule is Cn1c(COC2CCCCC2)cc2c(Cl)nc(-c3ccccc3)nc21. The van der Waals surface area contributed by atoms with Gasteiger partial charge in [0.25, 0.3) is 0 Å². The fraction of sp³-hybridized carbons (Fsp3) is 0.400. The van der Waals surface area contributed by atoms with Crippen LogP contribution in [0.1, 0.15) is 37.8 Å². The van der Waals surface area contributed by atoms with E-state index in [4.69, 9.17) is 21.3 Å². The van der Waals surface area contributed by atoms with Gasteiger partial charge in [-0.3, -0.25) is 0 Å². The largest absolute Gasteiger partial charge is 0.372 e. The average molecular weight is 356 g/mol. The molecule has 25 heavy (non-hydrogen) atoms. The lowest BCUT2D eigenvalue weighted by atomic mass is 9.98. The van der Waals surface area contributed by atoms with E-state index in [2.05, 4.69) is 15.6 Å². The molecule has 4 rings (SSSR count). The summed E-state index contributed by atoms with van der Waals surface area (Å²) in [7, 11) is 2.01. The Bertz CT molecular complexity index is 870. The van der Waals surface area contributed by atoms with E-state index >= 15 is 0 Å². The summed E-state index contributed by atoms with van der Waals surface area (Å²) in [6, 6.07) is 12.0. The van der Waals surface area contributed by atoms with Crippen LogP contribution in [0.15, 0.2) is 36.4 Å². The lowest BCUT2D eigenvalue weighted by molar-refractivity contribution is 0.0144. The third-order valence-electron chi connectivity index (χ3n) is 4.99. The van der Waals surface area contributed by atoms with Crippen LogP contribution in [0.25, 0.3) is 22.4 Å². The van der Waals surface area contributed by atoms with Gasteiger partial charge in [0.2, 0.25) is 0 Å². The molecule has 4 nitrogen and oxygen atoms in total. The molecular weight excluding hydrogens is 334 g/mol. The first-order valence-electron chi connectivity index (χ1n) is 8.91. The van der Waals surface area contributed by atoms with Crippen LogP contribution in [0, 0.1) is 0 Å². The molecule has 0 amide bonds. The monoisotopic (exact) mass is 355 g/mol. The van der Waals surface area contributed by atoms with Gasteiger partial charge in [0.1, 0.15) is 10.8 Å². The first kappa shape index (κ1) is 16.6. The van der Waals surface area contributed by atoms with Crippen molar-refractivity contribution in [2.24, 2.45) is 7.05 Å². The molecule has 0 N–H and O–H groups in total. The lowest BCUT2D eigenvalue weighted by Crippen LogP contribution is -2.17. The van der Waals surface area contributed by atoms with E-state index < -0.39 is 0 Å². The molecule has 1 fully saturated rings. The van der Waals surface area contributed by atoms with E-state index in [1.807, 2.05) is 37.4 Å². The van der Waals surface area contributed by atoms with Gasteiger partial charge in [-0.25, -0.2) is 9.97 Å². The predicted octanol–water partition coefficient (Wildman–Crippen LogP) is 5.14. The van der Waals surface area contributed by atoms with Crippen LogP contribution in [0.3, 0.4) is 0 Å². The molecule has 0 aliphatic heterocycles. The molecule has 0 unspecified atom stereocenters. The maximum absolute atomic E-state index is 6.44. The summed E-state index contributed by atoms with van der Waals surface area (Å²) in [4.78, 5) is 9.21. The van der Waals surface area contributed by atoms with Crippen molar-refractivity contribution in [3.05, 3.63) is 47.2 Å². The summed E-state index contributed by atoms with van der Waals surface area (Å²) in [6.07, 6.45) is 6.61. The number of benzene rings is 1. The van der Waals surface area contributed by atoms with Gasteiger partial charge in [-0.15, -0.1) is 0 Å². The zero-order chi connectivity index (χ0) is 17.2. The number of aryl methyl sites for hydroxylation is 1. The highest BCUT2D eigenvalue weighted by atomic mass is 35.5. The molecular formula is C20H22ClN3O. The van der Waals surface area contributed by atoms with Crippen LogP contribution in [0.2, 0.25) is 5.15 Å². The minimum absolute atomic E-state index is 0.383. The van der Waals surface area contributed by atoms with E-state index in [0.29, 0.717) is 23.7 Å². The Morgan fingerprint density at radius 2 is 1.88 bits per heavy atom. The zero-order valence-corrected chi connectivity index (χ0v) is 15.2.